The fourth-order valence-corrected chi connectivity index (χ4v) is 3.26. The number of fused-ring (bicyclic) bond motifs is 1. The zero-order chi connectivity index (χ0) is 15.7. The molecule has 1 aromatic heterocycles. The van der Waals surface area contributed by atoms with Crippen molar-refractivity contribution in [1.29, 1.82) is 0 Å². The highest BCUT2D eigenvalue weighted by atomic mass is 79.9. The number of hydrogen-bond donors (Lipinski definition) is 0. The molecule has 0 spiro atoms. The van der Waals surface area contributed by atoms with E-state index < -0.39 is 0 Å². The summed E-state index contributed by atoms with van der Waals surface area (Å²) in [5.41, 5.74) is 1.55. The first-order chi connectivity index (χ1) is 10.6. The second kappa shape index (κ2) is 6.18. The van der Waals surface area contributed by atoms with Gasteiger partial charge in [0.2, 0.25) is 0 Å². The number of pyridine rings is 1. The van der Waals surface area contributed by atoms with E-state index in [1.165, 1.54) is 6.20 Å². The van der Waals surface area contributed by atoms with Crippen molar-refractivity contribution in [1.82, 2.24) is 9.88 Å². The molecule has 0 radical (unpaired) electrons. The van der Waals surface area contributed by atoms with Gasteiger partial charge in [0.1, 0.15) is 11.9 Å². The third kappa shape index (κ3) is 2.78. The van der Waals surface area contributed by atoms with Crippen molar-refractivity contribution in [2.75, 3.05) is 37.6 Å². The van der Waals surface area contributed by atoms with Crippen LogP contribution in [0.5, 0.6) is 0 Å². The number of hydrogen-bond acceptors (Lipinski definition) is 5. The van der Waals surface area contributed by atoms with E-state index in [4.69, 9.17) is 0 Å². The van der Waals surface area contributed by atoms with Gasteiger partial charge in [0.15, 0.2) is 0 Å². The summed E-state index contributed by atoms with van der Waals surface area (Å²) in [6, 6.07) is 5.70. The average Bonchev–Trinajstić information content (AvgIpc) is 2.53. The number of halogens is 1. The molecular formula is C15H17BrN4O2. The third-order valence-corrected chi connectivity index (χ3v) is 4.61. The summed E-state index contributed by atoms with van der Waals surface area (Å²) in [5, 5.41) is 12.3. The van der Waals surface area contributed by atoms with Crippen LogP contribution in [0.15, 0.2) is 28.9 Å². The first-order valence-corrected chi connectivity index (χ1v) is 8.09. The number of benzene rings is 1. The van der Waals surface area contributed by atoms with Crippen molar-refractivity contribution in [2.45, 2.75) is 6.92 Å². The van der Waals surface area contributed by atoms with Gasteiger partial charge in [-0.2, -0.15) is 0 Å². The molecular weight excluding hydrogens is 348 g/mol. The molecule has 0 atom stereocenters. The Morgan fingerprint density at radius 2 is 2.05 bits per heavy atom. The summed E-state index contributed by atoms with van der Waals surface area (Å²) in [6.07, 6.45) is 1.37. The van der Waals surface area contributed by atoms with E-state index >= 15 is 0 Å². The molecule has 3 rings (SSSR count). The smallest absolute Gasteiger partial charge is 0.311 e. The zero-order valence-electron chi connectivity index (χ0n) is 12.3. The van der Waals surface area contributed by atoms with E-state index in [2.05, 4.69) is 37.6 Å². The number of rotatable bonds is 3. The number of anilines is 1. The topological polar surface area (TPSA) is 62.5 Å². The fraction of sp³-hybridized carbons (Fsp3) is 0.400. The number of aromatic nitrogens is 1. The maximum absolute atomic E-state index is 11.4. The normalized spacial score (nSPS) is 16.2. The maximum Gasteiger partial charge on any atom is 0.311 e. The Labute approximate surface area is 137 Å². The molecule has 0 unspecified atom stereocenters. The lowest BCUT2D eigenvalue weighted by Gasteiger charge is -2.35. The van der Waals surface area contributed by atoms with Gasteiger partial charge < -0.3 is 9.80 Å². The van der Waals surface area contributed by atoms with E-state index in [9.17, 15) is 10.1 Å². The lowest BCUT2D eigenvalue weighted by molar-refractivity contribution is -0.384. The monoisotopic (exact) mass is 364 g/mol. The molecule has 0 N–H and O–H groups in total. The molecule has 7 heteroatoms. The Bertz CT molecular complexity index is 714. The molecule has 1 aliphatic rings. The number of nitrogens with zero attached hydrogens (tertiary/aromatic N) is 4. The van der Waals surface area contributed by atoms with Crippen LogP contribution in [0.1, 0.15) is 6.92 Å². The van der Waals surface area contributed by atoms with E-state index in [-0.39, 0.29) is 10.6 Å². The van der Waals surface area contributed by atoms with Crippen LogP contribution >= 0.6 is 15.9 Å². The molecule has 2 heterocycles. The first kappa shape index (κ1) is 15.2. The van der Waals surface area contributed by atoms with Crippen LogP contribution in [0, 0.1) is 10.1 Å². The standard InChI is InChI=1S/C15H17BrN4O2/c1-2-18-5-7-19(8-6-18)15-12-9-11(16)3-4-13(12)17-10-14(15)20(21)22/h3-4,9-10H,2,5-8H2,1H3. The van der Waals surface area contributed by atoms with Gasteiger partial charge in [0.05, 0.1) is 10.4 Å². The van der Waals surface area contributed by atoms with Gasteiger partial charge in [-0.3, -0.25) is 10.1 Å². The van der Waals surface area contributed by atoms with Crippen molar-refractivity contribution in [3.8, 4) is 0 Å². The van der Waals surface area contributed by atoms with Gasteiger partial charge in [-0.1, -0.05) is 22.9 Å². The Balaban J connectivity index is 2.10. The molecule has 0 bridgehead atoms. The van der Waals surface area contributed by atoms with Gasteiger partial charge >= 0.3 is 5.69 Å². The molecule has 116 valence electrons. The van der Waals surface area contributed by atoms with Crippen molar-refractivity contribution < 1.29 is 4.92 Å². The minimum absolute atomic E-state index is 0.0792. The number of nitro groups is 1. The van der Waals surface area contributed by atoms with Gasteiger partial charge in [-0.15, -0.1) is 0 Å². The molecule has 1 fully saturated rings. The van der Waals surface area contributed by atoms with Gasteiger partial charge in [0, 0.05) is 36.0 Å². The van der Waals surface area contributed by atoms with Gasteiger partial charge in [0.25, 0.3) is 0 Å². The summed E-state index contributed by atoms with van der Waals surface area (Å²) >= 11 is 3.45. The fourth-order valence-electron chi connectivity index (χ4n) is 2.89. The van der Waals surface area contributed by atoms with Gasteiger partial charge in [-0.25, -0.2) is 4.98 Å². The Morgan fingerprint density at radius 3 is 2.68 bits per heavy atom. The molecule has 1 aromatic carbocycles. The van der Waals surface area contributed by atoms with E-state index in [0.29, 0.717) is 5.69 Å². The summed E-state index contributed by atoms with van der Waals surface area (Å²) < 4.78 is 0.899. The Kier molecular flexibility index (Phi) is 4.26. The van der Waals surface area contributed by atoms with Crippen LogP contribution in [0.25, 0.3) is 10.9 Å². The Hall–Kier alpha value is -1.73. The van der Waals surface area contributed by atoms with E-state index in [0.717, 1.165) is 48.1 Å². The van der Waals surface area contributed by atoms with Crippen molar-refractivity contribution in [3.63, 3.8) is 0 Å². The van der Waals surface area contributed by atoms with Crippen LogP contribution in [-0.4, -0.2) is 47.5 Å². The summed E-state index contributed by atoms with van der Waals surface area (Å²) in [5.74, 6) is 0. The molecule has 6 nitrogen and oxygen atoms in total. The van der Waals surface area contributed by atoms with Crippen LogP contribution in [0.2, 0.25) is 0 Å². The zero-order valence-corrected chi connectivity index (χ0v) is 13.9. The van der Waals surface area contributed by atoms with Crippen LogP contribution in [0.3, 0.4) is 0 Å². The molecule has 2 aromatic rings. The summed E-state index contributed by atoms with van der Waals surface area (Å²) in [4.78, 5) is 19.8. The second-order valence-corrected chi connectivity index (χ2v) is 6.25. The van der Waals surface area contributed by atoms with Crippen LogP contribution in [-0.2, 0) is 0 Å². The largest absolute Gasteiger partial charge is 0.363 e. The lowest BCUT2D eigenvalue weighted by atomic mass is 10.1. The van der Waals surface area contributed by atoms with Crippen LogP contribution in [0.4, 0.5) is 11.4 Å². The highest BCUT2D eigenvalue weighted by Gasteiger charge is 2.26. The quantitative estimate of drug-likeness (QED) is 0.618. The maximum atomic E-state index is 11.4. The second-order valence-electron chi connectivity index (χ2n) is 5.33. The van der Waals surface area contributed by atoms with Crippen molar-refractivity contribution in [2.24, 2.45) is 0 Å². The predicted octanol–water partition coefficient (Wildman–Crippen LogP) is 3.05. The number of piperazine rings is 1. The first-order valence-electron chi connectivity index (χ1n) is 7.30. The molecule has 0 aliphatic carbocycles. The molecule has 0 amide bonds. The third-order valence-electron chi connectivity index (χ3n) is 4.11. The van der Waals surface area contributed by atoms with Crippen molar-refractivity contribution >= 4 is 38.2 Å². The molecule has 1 saturated heterocycles. The summed E-state index contributed by atoms with van der Waals surface area (Å²) in [6.45, 7) is 6.58. The molecule has 1 aliphatic heterocycles. The SMILES string of the molecule is CCN1CCN(c2c([N+](=O)[O-])cnc3ccc(Br)cc23)CC1. The van der Waals surface area contributed by atoms with Gasteiger partial charge in [-0.05, 0) is 24.7 Å². The average molecular weight is 365 g/mol. The van der Waals surface area contributed by atoms with E-state index in [1.807, 2.05) is 18.2 Å². The highest BCUT2D eigenvalue weighted by Crippen LogP contribution is 2.36. The van der Waals surface area contributed by atoms with Crippen LogP contribution < -0.4 is 4.90 Å². The highest BCUT2D eigenvalue weighted by molar-refractivity contribution is 9.10. The minimum Gasteiger partial charge on any atom is -0.363 e. The molecule has 22 heavy (non-hydrogen) atoms. The Morgan fingerprint density at radius 1 is 1.32 bits per heavy atom. The molecule has 0 saturated carbocycles. The minimum atomic E-state index is -0.338. The summed E-state index contributed by atoms with van der Waals surface area (Å²) in [7, 11) is 0. The van der Waals surface area contributed by atoms with Crippen molar-refractivity contribution in [3.05, 3.63) is 39.0 Å². The predicted molar refractivity (Wildman–Crippen MR) is 90.4 cm³/mol. The lowest BCUT2D eigenvalue weighted by Crippen LogP contribution is -2.46. The van der Waals surface area contributed by atoms with E-state index in [1.54, 1.807) is 0 Å². The number of likely N-dealkylation sites (N-methyl/N-ethyl adjacent to an activating group) is 1.